The average molecular weight is 621 g/mol. The van der Waals surface area contributed by atoms with Crippen LogP contribution in [0.1, 0.15) is 22.8 Å². The van der Waals surface area contributed by atoms with Gasteiger partial charge in [0.2, 0.25) is 5.91 Å². The summed E-state index contributed by atoms with van der Waals surface area (Å²) in [7, 11) is 0. The summed E-state index contributed by atoms with van der Waals surface area (Å²) in [6.07, 6.45) is 1.49. The smallest absolute Gasteiger partial charge is 0.272 e. The Bertz CT molecular complexity index is 1580. The van der Waals surface area contributed by atoms with E-state index < -0.39 is 11.8 Å². The minimum absolute atomic E-state index is 0.00233. The van der Waals surface area contributed by atoms with E-state index in [9.17, 15) is 14.4 Å². The summed E-state index contributed by atoms with van der Waals surface area (Å²) in [6, 6.07) is 27.6. The molecule has 42 heavy (non-hydrogen) atoms. The van der Waals surface area contributed by atoms with Crippen molar-refractivity contribution in [2.75, 3.05) is 23.0 Å². The minimum Gasteiger partial charge on any atom is -0.494 e. The molecule has 0 aliphatic carbocycles. The van der Waals surface area contributed by atoms with Crippen molar-refractivity contribution in [3.63, 3.8) is 0 Å². The molecule has 0 spiro atoms. The number of carbonyl (C=O) groups excluding carboxylic acids is 3. The Labute approximate surface area is 258 Å². The maximum atomic E-state index is 13.3. The molecular weight excluding hydrogens is 593 g/mol. The number of amides is 3. The first-order valence-corrected chi connectivity index (χ1v) is 14.6. The topological polar surface area (TPSA) is 96.5 Å². The molecule has 0 saturated heterocycles. The Morgan fingerprint density at radius 1 is 0.833 bits per heavy atom. The van der Waals surface area contributed by atoms with Gasteiger partial charge < -0.3 is 20.7 Å². The predicted octanol–water partition coefficient (Wildman–Crippen LogP) is 7.53. The lowest BCUT2D eigenvalue weighted by Crippen LogP contribution is -2.30. The van der Waals surface area contributed by atoms with Crippen LogP contribution in [-0.2, 0) is 9.59 Å². The lowest BCUT2D eigenvalue weighted by molar-refractivity contribution is -0.114. The number of hydrogen-bond donors (Lipinski definition) is 3. The van der Waals surface area contributed by atoms with E-state index in [1.807, 2.05) is 6.92 Å². The average Bonchev–Trinajstić information content (AvgIpc) is 2.99. The molecule has 0 fully saturated rings. The van der Waals surface area contributed by atoms with Crippen molar-refractivity contribution >= 4 is 70.1 Å². The van der Waals surface area contributed by atoms with E-state index in [1.165, 1.54) is 17.8 Å². The number of hydrogen-bond acceptors (Lipinski definition) is 5. The van der Waals surface area contributed by atoms with Crippen LogP contribution in [-0.4, -0.2) is 30.1 Å². The molecule has 7 nitrogen and oxygen atoms in total. The molecule has 0 aliphatic rings. The third-order valence-electron chi connectivity index (χ3n) is 5.72. The van der Waals surface area contributed by atoms with Crippen molar-refractivity contribution in [3.8, 4) is 5.75 Å². The molecule has 0 saturated carbocycles. The molecule has 214 valence electrons. The molecule has 4 rings (SSSR count). The quantitative estimate of drug-likeness (QED) is 0.119. The fraction of sp³-hybridized carbons (Fsp3) is 0.0938. The van der Waals surface area contributed by atoms with Crippen molar-refractivity contribution in [1.29, 1.82) is 0 Å². The third-order valence-corrected chi connectivity index (χ3v) is 7.30. The van der Waals surface area contributed by atoms with Gasteiger partial charge in [-0.25, -0.2) is 0 Å². The molecule has 0 unspecified atom stereocenters. The zero-order valence-electron chi connectivity index (χ0n) is 22.5. The van der Waals surface area contributed by atoms with Gasteiger partial charge in [-0.2, -0.15) is 0 Å². The van der Waals surface area contributed by atoms with Crippen LogP contribution < -0.4 is 20.7 Å². The number of thioether (sulfide) groups is 1. The van der Waals surface area contributed by atoms with Crippen molar-refractivity contribution < 1.29 is 19.1 Å². The first kappa shape index (κ1) is 30.7. The number of rotatable bonds is 11. The van der Waals surface area contributed by atoms with E-state index in [1.54, 1.807) is 97.1 Å². The monoisotopic (exact) mass is 619 g/mol. The normalized spacial score (nSPS) is 11.0. The van der Waals surface area contributed by atoms with Gasteiger partial charge in [-0.1, -0.05) is 47.5 Å². The van der Waals surface area contributed by atoms with Crippen molar-refractivity contribution in [2.45, 2.75) is 11.8 Å². The van der Waals surface area contributed by atoms with Gasteiger partial charge in [0.05, 0.1) is 12.4 Å². The zero-order chi connectivity index (χ0) is 29.9. The third kappa shape index (κ3) is 9.14. The van der Waals surface area contributed by atoms with E-state index >= 15 is 0 Å². The van der Waals surface area contributed by atoms with E-state index in [-0.39, 0.29) is 17.4 Å². The van der Waals surface area contributed by atoms with Crippen LogP contribution in [0.25, 0.3) is 6.08 Å². The first-order chi connectivity index (χ1) is 20.3. The minimum atomic E-state index is -0.541. The highest BCUT2D eigenvalue weighted by molar-refractivity contribution is 8.00. The molecule has 10 heteroatoms. The van der Waals surface area contributed by atoms with Crippen LogP contribution >= 0.6 is 35.0 Å². The second-order valence-corrected chi connectivity index (χ2v) is 10.7. The number of carbonyl (C=O) groups is 3. The highest BCUT2D eigenvalue weighted by Crippen LogP contribution is 2.24. The van der Waals surface area contributed by atoms with Gasteiger partial charge in [-0.3, -0.25) is 14.4 Å². The van der Waals surface area contributed by atoms with Crippen molar-refractivity contribution in [2.24, 2.45) is 0 Å². The highest BCUT2D eigenvalue weighted by atomic mass is 35.5. The number of ether oxygens (including phenoxy) is 1. The second-order valence-electron chi connectivity index (χ2n) is 8.82. The number of anilines is 2. The fourth-order valence-corrected chi connectivity index (χ4v) is 4.86. The largest absolute Gasteiger partial charge is 0.494 e. The van der Waals surface area contributed by atoms with Gasteiger partial charge >= 0.3 is 0 Å². The Hall–Kier alpha value is -4.24. The number of halogens is 2. The molecule has 3 amide bonds. The van der Waals surface area contributed by atoms with E-state index in [0.29, 0.717) is 39.2 Å². The van der Waals surface area contributed by atoms with Crippen LogP contribution in [0, 0.1) is 0 Å². The molecule has 0 bridgehead atoms. The van der Waals surface area contributed by atoms with Crippen molar-refractivity contribution in [3.05, 3.63) is 124 Å². The molecular formula is C32H27Cl2N3O4S. The first-order valence-electron chi connectivity index (χ1n) is 12.9. The van der Waals surface area contributed by atoms with Gasteiger partial charge in [0.25, 0.3) is 11.8 Å². The summed E-state index contributed by atoms with van der Waals surface area (Å²) in [4.78, 5) is 39.3. The highest BCUT2D eigenvalue weighted by Gasteiger charge is 2.16. The molecule has 4 aromatic carbocycles. The molecule has 0 radical (unpaired) electrons. The summed E-state index contributed by atoms with van der Waals surface area (Å²) in [5.74, 6) is -0.185. The standard InChI is InChI=1S/C32H27Cl2N3O4S/c1-2-41-26-14-10-24(11-15-26)35-30(38)20-42-27-16-12-25(13-17-27)36-32(40)29(18-22-8-9-23(33)19-28(22)34)37-31(39)21-6-4-3-5-7-21/h3-19H,2,20H2,1H3,(H,35,38)(H,36,40)(H,37,39)/b29-18-. The molecule has 4 aromatic rings. The van der Waals surface area contributed by atoms with Gasteiger partial charge in [0.15, 0.2) is 0 Å². The Balaban J connectivity index is 1.39. The number of benzene rings is 4. The van der Waals surface area contributed by atoms with E-state index in [0.717, 1.165) is 10.6 Å². The molecule has 0 aliphatic heterocycles. The lowest BCUT2D eigenvalue weighted by Gasteiger charge is -2.12. The van der Waals surface area contributed by atoms with Gasteiger partial charge in [-0.15, -0.1) is 11.8 Å². The maximum absolute atomic E-state index is 13.3. The van der Waals surface area contributed by atoms with Gasteiger partial charge in [-0.05, 0) is 91.4 Å². The molecule has 0 heterocycles. The van der Waals surface area contributed by atoms with E-state index in [2.05, 4.69) is 16.0 Å². The summed E-state index contributed by atoms with van der Waals surface area (Å²) in [5, 5.41) is 9.11. The van der Waals surface area contributed by atoms with Crippen LogP contribution in [0.2, 0.25) is 10.0 Å². The lowest BCUT2D eigenvalue weighted by atomic mass is 10.1. The molecule has 3 N–H and O–H groups in total. The summed E-state index contributed by atoms with van der Waals surface area (Å²) >= 11 is 13.7. The SMILES string of the molecule is CCOc1ccc(NC(=O)CSc2ccc(NC(=O)/C(=C/c3ccc(Cl)cc3Cl)NC(=O)c3ccccc3)cc2)cc1. The summed E-state index contributed by atoms with van der Waals surface area (Å²) in [6.45, 7) is 2.49. The number of nitrogens with one attached hydrogen (secondary N) is 3. The van der Waals surface area contributed by atoms with Crippen molar-refractivity contribution in [1.82, 2.24) is 5.32 Å². The Kier molecular flexibility index (Phi) is 11.1. The zero-order valence-corrected chi connectivity index (χ0v) is 24.9. The molecule has 0 atom stereocenters. The fourth-order valence-electron chi connectivity index (χ4n) is 3.70. The molecule has 0 aromatic heterocycles. The summed E-state index contributed by atoms with van der Waals surface area (Å²) < 4.78 is 5.41. The Morgan fingerprint density at radius 2 is 1.50 bits per heavy atom. The van der Waals surface area contributed by atoms with Crippen LogP contribution in [0.5, 0.6) is 5.75 Å². The summed E-state index contributed by atoms with van der Waals surface area (Å²) in [5.41, 5.74) is 2.09. The second kappa shape index (κ2) is 15.1. The van der Waals surface area contributed by atoms with Crippen LogP contribution in [0.4, 0.5) is 11.4 Å². The van der Waals surface area contributed by atoms with Gasteiger partial charge in [0, 0.05) is 31.9 Å². The Morgan fingerprint density at radius 3 is 2.17 bits per heavy atom. The van der Waals surface area contributed by atoms with Crippen LogP contribution in [0.15, 0.2) is 108 Å². The predicted molar refractivity (Wildman–Crippen MR) is 170 cm³/mol. The van der Waals surface area contributed by atoms with Gasteiger partial charge in [0.1, 0.15) is 11.4 Å². The van der Waals surface area contributed by atoms with Crippen LogP contribution in [0.3, 0.4) is 0 Å². The maximum Gasteiger partial charge on any atom is 0.272 e. The van der Waals surface area contributed by atoms with E-state index in [4.69, 9.17) is 27.9 Å².